The molecule has 344 valence electrons. The van der Waals surface area contributed by atoms with Crippen LogP contribution in [-0.2, 0) is 56.1 Å². The quantitative estimate of drug-likeness (QED) is 0.108. The molecule has 4 aliphatic rings. The Morgan fingerprint density at radius 3 is 2.00 bits per heavy atom. The molecule has 17 nitrogen and oxygen atoms in total. The Hall–Kier alpha value is -6.26. The second kappa shape index (κ2) is 21.9. The highest BCUT2D eigenvalue weighted by Gasteiger charge is 2.52. The maximum absolute atomic E-state index is 14.5. The number of nitrogens with one attached hydrogen (secondary N) is 5. The van der Waals surface area contributed by atoms with E-state index in [1.807, 2.05) is 86.7 Å². The SMILES string of the molecule is COC(=O)CNC(=O)[C@H](Cc1ccccc1)NC(=O)[C@@H]1CCCN1C(=O)[C@H]1[C@@H](NC(=O)[C@@H]2CCCN2C(=O)[C@H](C)NC(=O)[C@H](CC(C)C)NC(=O)OCc2ccccc2)[C@H]2C=C[C@@H]1C2. The first-order valence-electron chi connectivity index (χ1n) is 22.3. The van der Waals surface area contributed by atoms with Crippen molar-refractivity contribution in [1.29, 1.82) is 0 Å². The van der Waals surface area contributed by atoms with Gasteiger partial charge in [-0.2, -0.15) is 0 Å². The molecule has 17 heteroatoms. The second-order valence-corrected chi connectivity index (χ2v) is 17.6. The first-order chi connectivity index (χ1) is 30.7. The van der Waals surface area contributed by atoms with Crippen LogP contribution in [0.4, 0.5) is 4.79 Å². The van der Waals surface area contributed by atoms with Crippen molar-refractivity contribution >= 4 is 47.5 Å². The average Bonchev–Trinajstić information content (AvgIpc) is 4.13. The number of methoxy groups -OCH3 is 1. The number of esters is 1. The van der Waals surface area contributed by atoms with Gasteiger partial charge in [-0.15, -0.1) is 0 Å². The first-order valence-corrected chi connectivity index (χ1v) is 22.3. The molecular weight excluding hydrogens is 823 g/mol. The summed E-state index contributed by atoms with van der Waals surface area (Å²) in [5.41, 5.74) is 1.58. The fourth-order valence-electron chi connectivity index (χ4n) is 9.33. The molecule has 0 aromatic heterocycles. The standard InChI is InChI=1S/C47H61N7O10/c1-28(2)23-34(51-47(62)64-27-31-15-9-6-10-16-31)42(57)49-29(3)45(60)53-21-11-18-37(53)44(59)52-40-33-20-19-32(25-33)39(40)46(61)54-22-12-17-36(54)43(58)50-35(24-30-13-7-5-8-14-30)41(56)48-26-38(55)63-4/h5-10,13-16,19-20,28-29,32-37,39-40H,11-12,17-18,21-27H2,1-4H3,(H,48,56)(H,49,57)(H,50,58)(H,51,62)(H,52,59)/t29-,32+,33-,34-,35-,36-,37-,39+,40-/m0/s1. The average molecular weight is 884 g/mol. The fraction of sp³-hybridized carbons (Fsp3) is 0.532. The first kappa shape index (κ1) is 47.2. The van der Waals surface area contributed by atoms with E-state index in [-0.39, 0.29) is 43.2 Å². The van der Waals surface area contributed by atoms with E-state index in [1.54, 1.807) is 11.8 Å². The van der Waals surface area contributed by atoms with Crippen molar-refractivity contribution in [1.82, 2.24) is 36.4 Å². The van der Waals surface area contributed by atoms with Crippen LogP contribution in [0, 0.1) is 23.7 Å². The molecule has 2 bridgehead atoms. The maximum Gasteiger partial charge on any atom is 0.408 e. The third-order valence-corrected chi connectivity index (χ3v) is 12.5. The molecule has 0 radical (unpaired) electrons. The lowest BCUT2D eigenvalue weighted by Crippen LogP contribution is -2.58. The number of nitrogens with zero attached hydrogens (tertiary/aromatic N) is 2. The van der Waals surface area contributed by atoms with E-state index in [4.69, 9.17) is 4.74 Å². The van der Waals surface area contributed by atoms with E-state index in [0.29, 0.717) is 51.6 Å². The molecule has 2 saturated heterocycles. The zero-order valence-electron chi connectivity index (χ0n) is 37.0. The van der Waals surface area contributed by atoms with Gasteiger partial charge in [0.05, 0.1) is 13.0 Å². The van der Waals surface area contributed by atoms with Crippen LogP contribution in [0.1, 0.15) is 70.4 Å². The van der Waals surface area contributed by atoms with Gasteiger partial charge in [-0.1, -0.05) is 86.7 Å². The Balaban J connectivity index is 1.07. The zero-order valence-corrected chi connectivity index (χ0v) is 37.0. The van der Waals surface area contributed by atoms with Crippen molar-refractivity contribution in [2.45, 2.75) is 109 Å². The molecule has 64 heavy (non-hydrogen) atoms. The van der Waals surface area contributed by atoms with Crippen molar-refractivity contribution in [3.63, 3.8) is 0 Å². The van der Waals surface area contributed by atoms with Crippen LogP contribution in [0.5, 0.6) is 0 Å². The number of rotatable bonds is 18. The van der Waals surface area contributed by atoms with Crippen molar-refractivity contribution in [3.05, 3.63) is 83.9 Å². The molecule has 5 N–H and O–H groups in total. The number of hydrogen-bond donors (Lipinski definition) is 5. The summed E-state index contributed by atoms with van der Waals surface area (Å²) in [4.78, 5) is 111. The molecule has 2 aromatic carbocycles. The van der Waals surface area contributed by atoms with Crippen LogP contribution < -0.4 is 26.6 Å². The third-order valence-electron chi connectivity index (χ3n) is 12.5. The molecule has 2 heterocycles. The van der Waals surface area contributed by atoms with Crippen molar-refractivity contribution in [3.8, 4) is 0 Å². The summed E-state index contributed by atoms with van der Waals surface area (Å²) in [6.07, 6.45) is 6.23. The lowest BCUT2D eigenvalue weighted by molar-refractivity contribution is -0.145. The summed E-state index contributed by atoms with van der Waals surface area (Å²) < 4.78 is 9.99. The van der Waals surface area contributed by atoms with E-state index >= 15 is 0 Å². The van der Waals surface area contributed by atoms with Gasteiger partial charge in [0.25, 0.3) is 0 Å². The summed E-state index contributed by atoms with van der Waals surface area (Å²) in [5.74, 6) is -4.27. The van der Waals surface area contributed by atoms with Crippen LogP contribution in [0.25, 0.3) is 0 Å². The Morgan fingerprint density at radius 2 is 1.34 bits per heavy atom. The fourth-order valence-corrected chi connectivity index (χ4v) is 9.33. The molecule has 2 aliphatic heterocycles. The largest absolute Gasteiger partial charge is 0.468 e. The van der Waals surface area contributed by atoms with E-state index in [2.05, 4.69) is 31.3 Å². The minimum absolute atomic E-state index is 0.0262. The molecule has 0 spiro atoms. The number of allylic oxidation sites excluding steroid dienone is 1. The van der Waals surface area contributed by atoms with Gasteiger partial charge in [0.15, 0.2) is 0 Å². The normalized spacial score (nSPS) is 23.5. The summed E-state index contributed by atoms with van der Waals surface area (Å²) in [7, 11) is 1.21. The number of ether oxygens (including phenoxy) is 2. The van der Waals surface area contributed by atoms with E-state index in [0.717, 1.165) is 11.1 Å². The molecular formula is C47H61N7O10. The molecule has 6 rings (SSSR count). The molecule has 2 aliphatic carbocycles. The van der Waals surface area contributed by atoms with E-state index in [1.165, 1.54) is 12.0 Å². The number of amides is 7. The second-order valence-electron chi connectivity index (χ2n) is 17.6. The van der Waals surface area contributed by atoms with E-state index < -0.39 is 83.8 Å². The number of likely N-dealkylation sites (tertiary alicyclic amines) is 2. The van der Waals surface area contributed by atoms with Gasteiger partial charge >= 0.3 is 12.1 Å². The van der Waals surface area contributed by atoms with Gasteiger partial charge in [0.2, 0.25) is 35.4 Å². The molecule has 3 fully saturated rings. The summed E-state index contributed by atoms with van der Waals surface area (Å²) in [6.45, 7) is 5.64. The number of benzene rings is 2. The predicted molar refractivity (Wildman–Crippen MR) is 233 cm³/mol. The van der Waals surface area contributed by atoms with Gasteiger partial charge < -0.3 is 45.9 Å². The molecule has 1 saturated carbocycles. The minimum atomic E-state index is -1.03. The highest BCUT2D eigenvalue weighted by atomic mass is 16.5. The number of alkyl carbamates (subject to hydrolysis) is 1. The van der Waals surface area contributed by atoms with Gasteiger partial charge in [0.1, 0.15) is 43.4 Å². The third kappa shape index (κ3) is 11.8. The van der Waals surface area contributed by atoms with Crippen LogP contribution in [0.15, 0.2) is 72.8 Å². The molecule has 0 unspecified atom stereocenters. The number of fused-ring (bicyclic) bond motifs is 2. The zero-order chi connectivity index (χ0) is 45.9. The van der Waals surface area contributed by atoms with E-state index in [9.17, 15) is 38.4 Å². The number of carbonyl (C=O) groups excluding carboxylic acids is 8. The summed E-state index contributed by atoms with van der Waals surface area (Å²) in [5, 5.41) is 13.9. The number of hydrogen-bond acceptors (Lipinski definition) is 10. The Kier molecular flexibility index (Phi) is 16.2. The van der Waals surface area contributed by atoms with Crippen LogP contribution in [0.3, 0.4) is 0 Å². The Bertz CT molecular complexity index is 2050. The Morgan fingerprint density at radius 1 is 0.719 bits per heavy atom. The van der Waals surface area contributed by atoms with Crippen LogP contribution in [0.2, 0.25) is 0 Å². The van der Waals surface area contributed by atoms with Crippen molar-refractivity contribution in [2.24, 2.45) is 23.7 Å². The van der Waals surface area contributed by atoms with Gasteiger partial charge in [-0.05, 0) is 74.3 Å². The van der Waals surface area contributed by atoms with Crippen molar-refractivity contribution in [2.75, 3.05) is 26.7 Å². The monoisotopic (exact) mass is 883 g/mol. The molecule has 9 atom stereocenters. The van der Waals surface area contributed by atoms with Crippen LogP contribution >= 0.6 is 0 Å². The topological polar surface area (TPSA) is 222 Å². The van der Waals surface area contributed by atoms with Gasteiger partial charge in [0, 0.05) is 25.6 Å². The maximum atomic E-state index is 14.5. The minimum Gasteiger partial charge on any atom is -0.468 e. The Labute approximate surface area is 373 Å². The van der Waals surface area contributed by atoms with Crippen molar-refractivity contribution < 1.29 is 47.8 Å². The molecule has 7 amide bonds. The molecule has 2 aromatic rings. The van der Waals surface area contributed by atoms with Gasteiger partial charge in [-0.25, -0.2) is 4.79 Å². The predicted octanol–water partition coefficient (Wildman–Crippen LogP) is 2.14. The number of carbonyl (C=O) groups is 8. The lowest BCUT2D eigenvalue weighted by Gasteiger charge is -2.35. The highest BCUT2D eigenvalue weighted by molar-refractivity contribution is 5.96. The lowest BCUT2D eigenvalue weighted by atomic mass is 9.87. The van der Waals surface area contributed by atoms with Crippen LogP contribution in [-0.4, -0.2) is 120 Å². The summed E-state index contributed by atoms with van der Waals surface area (Å²) >= 11 is 0. The highest BCUT2D eigenvalue weighted by Crippen LogP contribution is 2.45. The van der Waals surface area contributed by atoms with Gasteiger partial charge in [-0.3, -0.25) is 33.6 Å². The smallest absolute Gasteiger partial charge is 0.408 e. The summed E-state index contributed by atoms with van der Waals surface area (Å²) in [6, 6.07) is 13.0.